The number of anilines is 1. The van der Waals surface area contributed by atoms with Gasteiger partial charge in [-0.05, 0) is 42.2 Å². The summed E-state index contributed by atoms with van der Waals surface area (Å²) in [5.74, 6) is -0.716. The summed E-state index contributed by atoms with van der Waals surface area (Å²) in [6.07, 6.45) is -2.18. The maximum Gasteiger partial charge on any atom is 0.405 e. The van der Waals surface area contributed by atoms with Crippen LogP contribution in [0.2, 0.25) is 5.02 Å². The van der Waals surface area contributed by atoms with Gasteiger partial charge in [0, 0.05) is 17.1 Å². The van der Waals surface area contributed by atoms with Crippen molar-refractivity contribution < 1.29 is 22.8 Å². The van der Waals surface area contributed by atoms with Crippen molar-refractivity contribution in [2.75, 3.05) is 23.5 Å². The Morgan fingerprint density at radius 3 is 2.77 bits per heavy atom. The third-order valence-corrected chi connectivity index (χ3v) is 4.86. The molecule has 1 aliphatic rings. The molecule has 0 bridgehead atoms. The van der Waals surface area contributed by atoms with Crippen molar-refractivity contribution in [1.82, 2.24) is 5.32 Å². The highest BCUT2D eigenvalue weighted by molar-refractivity contribution is 7.98. The molecule has 0 fully saturated rings. The largest absolute Gasteiger partial charge is 0.405 e. The number of carbonyl (C=O) groups is 2. The minimum absolute atomic E-state index is 0.0839. The van der Waals surface area contributed by atoms with Crippen LogP contribution in [-0.2, 0) is 16.0 Å². The molecular formula is C16H19ClF3N3O2S. The molecule has 2 rings (SSSR count). The van der Waals surface area contributed by atoms with Gasteiger partial charge < -0.3 is 11.1 Å². The molecule has 2 atom stereocenters. The van der Waals surface area contributed by atoms with Gasteiger partial charge in [-0.1, -0.05) is 11.6 Å². The summed E-state index contributed by atoms with van der Waals surface area (Å²) in [5, 5.41) is 2.26. The molecular weight excluding hydrogens is 391 g/mol. The quantitative estimate of drug-likeness (QED) is 0.756. The lowest BCUT2D eigenvalue weighted by atomic mass is 10.1. The molecule has 1 heterocycles. The smallest absolute Gasteiger partial charge is 0.345 e. The Balaban J connectivity index is 2.26. The van der Waals surface area contributed by atoms with Gasteiger partial charge in [0.25, 0.3) is 0 Å². The van der Waals surface area contributed by atoms with Crippen molar-refractivity contribution in [2.24, 2.45) is 5.73 Å². The molecule has 0 radical (unpaired) electrons. The van der Waals surface area contributed by atoms with Gasteiger partial charge >= 0.3 is 6.18 Å². The number of amides is 2. The predicted octanol–water partition coefficient (Wildman–Crippen LogP) is 2.36. The van der Waals surface area contributed by atoms with Crippen molar-refractivity contribution in [2.45, 2.75) is 31.1 Å². The fourth-order valence-electron chi connectivity index (χ4n) is 2.75. The van der Waals surface area contributed by atoms with Crippen LogP contribution in [0.15, 0.2) is 18.2 Å². The van der Waals surface area contributed by atoms with Crippen LogP contribution in [0.25, 0.3) is 0 Å². The van der Waals surface area contributed by atoms with E-state index in [1.807, 2.05) is 11.6 Å². The molecule has 26 heavy (non-hydrogen) atoms. The number of halogens is 4. The van der Waals surface area contributed by atoms with Gasteiger partial charge in [-0.25, -0.2) is 0 Å². The van der Waals surface area contributed by atoms with Crippen LogP contribution in [0.4, 0.5) is 18.9 Å². The number of hydrogen-bond acceptors (Lipinski definition) is 4. The van der Waals surface area contributed by atoms with E-state index in [-0.39, 0.29) is 6.42 Å². The third-order valence-electron chi connectivity index (χ3n) is 3.98. The molecule has 2 unspecified atom stereocenters. The first-order chi connectivity index (χ1) is 12.1. The van der Waals surface area contributed by atoms with Crippen molar-refractivity contribution in [3.8, 4) is 0 Å². The molecule has 0 aliphatic carbocycles. The van der Waals surface area contributed by atoms with E-state index in [1.165, 1.54) is 16.7 Å². The number of nitrogens with one attached hydrogen (secondary N) is 1. The van der Waals surface area contributed by atoms with Crippen LogP contribution in [0.3, 0.4) is 0 Å². The number of nitrogens with zero attached hydrogens (tertiary/aromatic N) is 1. The maximum absolute atomic E-state index is 12.8. The summed E-state index contributed by atoms with van der Waals surface area (Å²) >= 11 is 7.47. The third kappa shape index (κ3) is 5.05. The SMILES string of the molecule is CSCCC(N)C(=O)N1c2ccc(Cl)cc2CC1C(=O)NCC(F)(F)F. The summed E-state index contributed by atoms with van der Waals surface area (Å²) in [6.45, 7) is -1.46. The maximum atomic E-state index is 12.8. The molecule has 1 aromatic carbocycles. The molecule has 10 heteroatoms. The highest BCUT2D eigenvalue weighted by Gasteiger charge is 2.41. The van der Waals surface area contributed by atoms with Gasteiger partial charge in [-0.3, -0.25) is 14.5 Å². The Kier molecular flexibility index (Phi) is 6.81. The van der Waals surface area contributed by atoms with Gasteiger partial charge in [0.05, 0.1) is 6.04 Å². The van der Waals surface area contributed by atoms with Crippen LogP contribution in [-0.4, -0.2) is 48.6 Å². The van der Waals surface area contributed by atoms with Crippen molar-refractivity contribution in [1.29, 1.82) is 0 Å². The molecule has 5 nitrogen and oxygen atoms in total. The highest BCUT2D eigenvalue weighted by Crippen LogP contribution is 2.35. The van der Waals surface area contributed by atoms with E-state index < -0.39 is 36.6 Å². The Morgan fingerprint density at radius 2 is 2.15 bits per heavy atom. The highest BCUT2D eigenvalue weighted by atomic mass is 35.5. The summed E-state index contributed by atoms with van der Waals surface area (Å²) in [4.78, 5) is 26.3. The van der Waals surface area contributed by atoms with Crippen molar-refractivity contribution >= 4 is 40.9 Å². The summed E-state index contributed by atoms with van der Waals surface area (Å²) in [5.41, 5.74) is 7.00. The first-order valence-electron chi connectivity index (χ1n) is 7.84. The normalized spacial score (nSPS) is 17.8. The molecule has 0 saturated heterocycles. The average molecular weight is 410 g/mol. The average Bonchev–Trinajstić information content (AvgIpc) is 2.94. The second kappa shape index (κ2) is 8.49. The molecule has 0 saturated carbocycles. The Bertz CT molecular complexity index is 687. The van der Waals surface area contributed by atoms with Crippen LogP contribution < -0.4 is 16.0 Å². The van der Waals surface area contributed by atoms with Gasteiger partial charge in [-0.2, -0.15) is 24.9 Å². The summed E-state index contributed by atoms with van der Waals surface area (Å²) in [7, 11) is 0. The lowest BCUT2D eigenvalue weighted by Crippen LogP contribution is -2.54. The zero-order chi connectivity index (χ0) is 19.5. The monoisotopic (exact) mass is 409 g/mol. The van der Waals surface area contributed by atoms with Crippen LogP contribution in [0.5, 0.6) is 0 Å². The fraction of sp³-hybridized carbons (Fsp3) is 0.500. The summed E-state index contributed by atoms with van der Waals surface area (Å²) in [6, 6.07) is 2.81. The number of nitrogens with two attached hydrogens (primary N) is 1. The second-order valence-corrected chi connectivity index (χ2v) is 7.34. The van der Waals surface area contributed by atoms with E-state index >= 15 is 0 Å². The standard InChI is InChI=1S/C16H19ClF3N3O2S/c1-26-5-4-11(21)15(25)23-12-3-2-10(17)6-9(12)7-13(23)14(24)22-8-16(18,19)20/h2-3,6,11,13H,4-5,7-8,21H2,1H3,(H,22,24). The van der Waals surface area contributed by atoms with E-state index in [2.05, 4.69) is 0 Å². The minimum atomic E-state index is -4.53. The van der Waals surface area contributed by atoms with E-state index in [1.54, 1.807) is 18.2 Å². The lowest BCUT2D eigenvalue weighted by molar-refractivity contribution is -0.139. The fourth-order valence-corrected chi connectivity index (χ4v) is 3.44. The molecule has 1 aromatic rings. The molecule has 3 N–H and O–H groups in total. The van der Waals surface area contributed by atoms with Gasteiger partial charge in [0.15, 0.2) is 0 Å². The van der Waals surface area contributed by atoms with Crippen molar-refractivity contribution in [3.63, 3.8) is 0 Å². The molecule has 0 aromatic heterocycles. The van der Waals surface area contributed by atoms with Gasteiger partial charge in [0.2, 0.25) is 11.8 Å². The van der Waals surface area contributed by atoms with Crippen LogP contribution in [0, 0.1) is 0 Å². The van der Waals surface area contributed by atoms with Crippen molar-refractivity contribution in [3.05, 3.63) is 28.8 Å². The van der Waals surface area contributed by atoms with Gasteiger partial charge in [0.1, 0.15) is 12.6 Å². The molecule has 144 valence electrons. The number of rotatable bonds is 6. The topological polar surface area (TPSA) is 75.4 Å². The number of fused-ring (bicyclic) bond motifs is 1. The van der Waals surface area contributed by atoms with E-state index in [4.69, 9.17) is 17.3 Å². The lowest BCUT2D eigenvalue weighted by Gasteiger charge is -2.27. The van der Waals surface area contributed by atoms with E-state index in [9.17, 15) is 22.8 Å². The molecule has 2 amide bonds. The number of hydrogen-bond donors (Lipinski definition) is 2. The Labute approximate surface area is 158 Å². The summed E-state index contributed by atoms with van der Waals surface area (Å²) < 4.78 is 37.2. The van der Waals surface area contributed by atoms with E-state index in [0.29, 0.717) is 28.4 Å². The first kappa shape index (κ1) is 20.9. The Morgan fingerprint density at radius 1 is 1.46 bits per heavy atom. The zero-order valence-electron chi connectivity index (χ0n) is 14.0. The van der Waals surface area contributed by atoms with Gasteiger partial charge in [-0.15, -0.1) is 0 Å². The minimum Gasteiger partial charge on any atom is -0.345 e. The number of benzene rings is 1. The zero-order valence-corrected chi connectivity index (χ0v) is 15.5. The van der Waals surface area contributed by atoms with Crippen LogP contribution in [0.1, 0.15) is 12.0 Å². The van der Waals surface area contributed by atoms with E-state index in [0.717, 1.165) is 0 Å². The Hall–Kier alpha value is -1.45. The molecule has 1 aliphatic heterocycles. The molecule has 0 spiro atoms. The van der Waals surface area contributed by atoms with Crippen LogP contribution >= 0.6 is 23.4 Å². The number of thioether (sulfide) groups is 1. The second-order valence-electron chi connectivity index (χ2n) is 5.92. The first-order valence-corrected chi connectivity index (χ1v) is 9.61. The predicted molar refractivity (Wildman–Crippen MR) is 96.5 cm³/mol. The number of alkyl halides is 3. The number of carbonyl (C=O) groups excluding carboxylic acids is 2.